The first-order valence-corrected chi connectivity index (χ1v) is 7.02. The largest absolute Gasteiger partial charge is 0.355 e. The van der Waals surface area contributed by atoms with Crippen LogP contribution in [0.5, 0.6) is 0 Å². The average Bonchev–Trinajstić information content (AvgIpc) is 2.57. The standard InChI is InChI=1S/C12H21N3O2S/c1-4-13-6-7-14-11(16)5-8-15-9(2)10(3)18-12(15)17/h13H,4-8H2,1-3H3,(H,14,16). The van der Waals surface area contributed by atoms with Crippen LogP contribution in [-0.4, -0.2) is 30.1 Å². The van der Waals surface area contributed by atoms with Crippen LogP contribution >= 0.6 is 11.3 Å². The smallest absolute Gasteiger partial charge is 0.307 e. The third-order valence-electron chi connectivity index (χ3n) is 2.81. The molecule has 5 nitrogen and oxygen atoms in total. The van der Waals surface area contributed by atoms with E-state index in [-0.39, 0.29) is 10.8 Å². The van der Waals surface area contributed by atoms with Gasteiger partial charge in [-0.3, -0.25) is 9.59 Å². The summed E-state index contributed by atoms with van der Waals surface area (Å²) in [4.78, 5) is 24.2. The Kier molecular flexibility index (Phi) is 6.07. The number of amides is 1. The molecule has 1 aromatic heterocycles. The van der Waals surface area contributed by atoms with Gasteiger partial charge in [0.25, 0.3) is 0 Å². The van der Waals surface area contributed by atoms with Gasteiger partial charge in [0, 0.05) is 36.6 Å². The number of hydrogen-bond donors (Lipinski definition) is 2. The molecular weight excluding hydrogens is 250 g/mol. The molecule has 6 heteroatoms. The van der Waals surface area contributed by atoms with Crippen LogP contribution in [0.15, 0.2) is 4.79 Å². The number of thiazole rings is 1. The van der Waals surface area contributed by atoms with Crippen molar-refractivity contribution in [2.45, 2.75) is 33.7 Å². The number of rotatable bonds is 7. The number of aromatic nitrogens is 1. The van der Waals surface area contributed by atoms with Gasteiger partial charge in [-0.1, -0.05) is 18.3 Å². The molecule has 2 N–H and O–H groups in total. The van der Waals surface area contributed by atoms with Crippen LogP contribution in [0, 0.1) is 13.8 Å². The first-order valence-electron chi connectivity index (χ1n) is 6.20. The lowest BCUT2D eigenvalue weighted by atomic mass is 10.3. The molecule has 0 bridgehead atoms. The molecule has 102 valence electrons. The fraction of sp³-hybridized carbons (Fsp3) is 0.667. The summed E-state index contributed by atoms with van der Waals surface area (Å²) < 4.78 is 1.67. The molecule has 0 fully saturated rings. The van der Waals surface area contributed by atoms with Crippen LogP contribution in [0.25, 0.3) is 0 Å². The quantitative estimate of drug-likeness (QED) is 0.716. The summed E-state index contributed by atoms with van der Waals surface area (Å²) in [5.41, 5.74) is 0.963. The number of nitrogens with one attached hydrogen (secondary N) is 2. The Morgan fingerprint density at radius 2 is 2.06 bits per heavy atom. The van der Waals surface area contributed by atoms with E-state index in [0.29, 0.717) is 19.5 Å². The molecule has 0 saturated heterocycles. The molecule has 0 radical (unpaired) electrons. The van der Waals surface area contributed by atoms with Crippen LogP contribution in [0.2, 0.25) is 0 Å². The van der Waals surface area contributed by atoms with E-state index in [9.17, 15) is 9.59 Å². The van der Waals surface area contributed by atoms with Gasteiger partial charge in [-0.2, -0.15) is 0 Å². The Balaban J connectivity index is 2.36. The summed E-state index contributed by atoms with van der Waals surface area (Å²) in [5.74, 6) is -0.0111. The molecule has 0 saturated carbocycles. The van der Waals surface area contributed by atoms with Crippen LogP contribution < -0.4 is 15.5 Å². The van der Waals surface area contributed by atoms with E-state index >= 15 is 0 Å². The molecule has 0 aliphatic heterocycles. The maximum Gasteiger partial charge on any atom is 0.307 e. The normalized spacial score (nSPS) is 10.6. The van der Waals surface area contributed by atoms with Gasteiger partial charge in [0.15, 0.2) is 0 Å². The highest BCUT2D eigenvalue weighted by molar-refractivity contribution is 7.09. The lowest BCUT2D eigenvalue weighted by Crippen LogP contribution is -2.32. The Labute approximate surface area is 111 Å². The Morgan fingerprint density at radius 1 is 1.33 bits per heavy atom. The highest BCUT2D eigenvalue weighted by Gasteiger charge is 2.08. The summed E-state index contributed by atoms with van der Waals surface area (Å²) in [5, 5.41) is 5.95. The van der Waals surface area contributed by atoms with Crippen LogP contribution in [0.1, 0.15) is 23.9 Å². The number of carbonyl (C=O) groups excluding carboxylic acids is 1. The Bertz CT molecular complexity index is 451. The zero-order chi connectivity index (χ0) is 13.5. The van der Waals surface area contributed by atoms with Gasteiger partial charge >= 0.3 is 4.87 Å². The van der Waals surface area contributed by atoms with Crippen molar-refractivity contribution < 1.29 is 4.79 Å². The third-order valence-corrected chi connectivity index (χ3v) is 3.81. The molecule has 0 spiro atoms. The number of carbonyl (C=O) groups is 1. The molecule has 0 unspecified atom stereocenters. The topological polar surface area (TPSA) is 63.1 Å². The molecule has 1 aromatic rings. The maximum atomic E-state index is 11.6. The molecule has 0 aliphatic carbocycles. The van der Waals surface area contributed by atoms with Gasteiger partial charge in [-0.25, -0.2) is 0 Å². The van der Waals surface area contributed by atoms with Crippen molar-refractivity contribution in [3.8, 4) is 0 Å². The van der Waals surface area contributed by atoms with Gasteiger partial charge in [-0.15, -0.1) is 0 Å². The van der Waals surface area contributed by atoms with Gasteiger partial charge in [0.1, 0.15) is 0 Å². The predicted octanol–water partition coefficient (Wildman–Crippen LogP) is 0.642. The molecule has 18 heavy (non-hydrogen) atoms. The van der Waals surface area contributed by atoms with E-state index in [4.69, 9.17) is 0 Å². The van der Waals surface area contributed by atoms with E-state index in [1.807, 2.05) is 20.8 Å². The molecule has 1 heterocycles. The van der Waals surface area contributed by atoms with E-state index in [2.05, 4.69) is 10.6 Å². The summed E-state index contributed by atoms with van der Waals surface area (Å²) >= 11 is 1.24. The van der Waals surface area contributed by atoms with E-state index in [1.165, 1.54) is 11.3 Å². The van der Waals surface area contributed by atoms with E-state index in [1.54, 1.807) is 4.57 Å². The molecule has 0 aliphatic rings. The second-order valence-corrected chi connectivity index (χ2v) is 5.28. The van der Waals surface area contributed by atoms with Gasteiger partial charge in [0.2, 0.25) is 5.91 Å². The summed E-state index contributed by atoms with van der Waals surface area (Å²) in [6.45, 7) is 8.63. The lowest BCUT2D eigenvalue weighted by molar-refractivity contribution is -0.121. The minimum absolute atomic E-state index is 0.0111. The Hall–Kier alpha value is -1.14. The molecular formula is C12H21N3O2S. The predicted molar refractivity (Wildman–Crippen MR) is 74.2 cm³/mol. The van der Waals surface area contributed by atoms with Crippen molar-refractivity contribution in [3.05, 3.63) is 20.2 Å². The van der Waals surface area contributed by atoms with Crippen molar-refractivity contribution in [2.75, 3.05) is 19.6 Å². The average molecular weight is 271 g/mol. The van der Waals surface area contributed by atoms with Crippen LogP contribution in [0.4, 0.5) is 0 Å². The zero-order valence-corrected chi connectivity index (χ0v) is 12.0. The lowest BCUT2D eigenvalue weighted by Gasteiger charge is -2.07. The highest BCUT2D eigenvalue weighted by Crippen LogP contribution is 2.09. The third kappa shape index (κ3) is 4.27. The SMILES string of the molecule is CCNCCNC(=O)CCn1c(C)c(C)sc1=O. The number of aryl methyl sites for hydroxylation is 1. The van der Waals surface area contributed by atoms with Crippen molar-refractivity contribution in [1.82, 2.24) is 15.2 Å². The highest BCUT2D eigenvalue weighted by atomic mass is 32.1. The van der Waals surface area contributed by atoms with Gasteiger partial charge in [0.05, 0.1) is 0 Å². The summed E-state index contributed by atoms with van der Waals surface area (Å²) in [6.07, 6.45) is 0.350. The maximum absolute atomic E-state index is 11.6. The van der Waals surface area contributed by atoms with Gasteiger partial charge < -0.3 is 15.2 Å². The molecule has 0 atom stereocenters. The number of nitrogens with zero attached hydrogens (tertiary/aromatic N) is 1. The van der Waals surface area contributed by atoms with E-state index in [0.717, 1.165) is 23.7 Å². The molecule has 0 aromatic carbocycles. The second kappa shape index (κ2) is 7.33. The second-order valence-electron chi connectivity index (χ2n) is 4.11. The fourth-order valence-electron chi connectivity index (χ4n) is 1.61. The summed E-state index contributed by atoms with van der Waals surface area (Å²) in [6, 6.07) is 0. The fourth-order valence-corrected chi connectivity index (χ4v) is 2.47. The minimum Gasteiger partial charge on any atom is -0.355 e. The van der Waals surface area contributed by atoms with Crippen molar-refractivity contribution in [2.24, 2.45) is 0 Å². The zero-order valence-electron chi connectivity index (χ0n) is 11.2. The van der Waals surface area contributed by atoms with Crippen molar-refractivity contribution >= 4 is 17.2 Å². The van der Waals surface area contributed by atoms with Crippen molar-refractivity contribution in [1.29, 1.82) is 0 Å². The summed E-state index contributed by atoms with van der Waals surface area (Å²) in [7, 11) is 0. The number of hydrogen-bond acceptors (Lipinski definition) is 4. The van der Waals surface area contributed by atoms with E-state index < -0.39 is 0 Å². The molecule has 1 rings (SSSR count). The minimum atomic E-state index is -0.0111. The van der Waals surface area contributed by atoms with Crippen molar-refractivity contribution in [3.63, 3.8) is 0 Å². The van der Waals surface area contributed by atoms with Crippen LogP contribution in [0.3, 0.4) is 0 Å². The molecule has 1 amide bonds. The van der Waals surface area contributed by atoms with Crippen LogP contribution in [-0.2, 0) is 11.3 Å². The number of likely N-dealkylation sites (N-methyl/N-ethyl adjacent to an activating group) is 1. The Morgan fingerprint density at radius 3 is 2.61 bits per heavy atom. The van der Waals surface area contributed by atoms with Gasteiger partial charge in [-0.05, 0) is 20.4 Å². The monoisotopic (exact) mass is 271 g/mol. The first-order chi connectivity index (χ1) is 8.56. The first kappa shape index (κ1) is 14.9.